The minimum absolute atomic E-state index is 0.0449. The molecule has 208 valence electrons. The molecule has 1 aliphatic carbocycles. The van der Waals surface area contributed by atoms with Gasteiger partial charge in [0.25, 0.3) is 0 Å². The van der Waals surface area contributed by atoms with Crippen molar-refractivity contribution in [3.05, 3.63) is 114 Å². The van der Waals surface area contributed by atoms with Gasteiger partial charge in [-0.05, 0) is 65.1 Å². The molecule has 3 heteroatoms. The molecule has 0 saturated heterocycles. The van der Waals surface area contributed by atoms with Gasteiger partial charge in [-0.15, -0.1) is 0 Å². The lowest BCUT2D eigenvalue weighted by molar-refractivity contribution is 0.661. The van der Waals surface area contributed by atoms with Gasteiger partial charge in [-0.2, -0.15) is 0 Å². The average Bonchev–Trinajstić information content (AvgIpc) is 3.44. The Morgan fingerprint density at radius 2 is 1.44 bits per heavy atom. The van der Waals surface area contributed by atoms with Crippen molar-refractivity contribution in [1.29, 1.82) is 0 Å². The van der Waals surface area contributed by atoms with Crippen molar-refractivity contribution in [2.24, 2.45) is 0 Å². The zero-order chi connectivity index (χ0) is 29.3. The molecule has 3 nitrogen and oxygen atoms in total. The number of rotatable bonds is 2. The first-order valence-corrected chi connectivity index (χ1v) is 14.9. The molecule has 0 amide bonds. The molecule has 0 radical (unpaired) electrons. The Morgan fingerprint density at radius 3 is 2.20 bits per heavy atom. The number of anilines is 1. The van der Waals surface area contributed by atoms with E-state index in [9.17, 15) is 0 Å². The van der Waals surface area contributed by atoms with Gasteiger partial charge in [0.05, 0.1) is 22.4 Å². The zero-order valence-electron chi connectivity index (χ0n) is 25.4. The summed E-state index contributed by atoms with van der Waals surface area (Å²) >= 11 is 0. The SMILES string of the molecule is CC.CCC.Cc1cccnc1-c1c(N)cccc1-n1c2ccccc2c2c3c(ccc21)C(C)(C)c1ccccc1-3. The van der Waals surface area contributed by atoms with E-state index in [1.807, 2.05) is 38.2 Å². The highest BCUT2D eigenvalue weighted by molar-refractivity contribution is 6.18. The second kappa shape index (κ2) is 11.2. The van der Waals surface area contributed by atoms with Gasteiger partial charge in [0.15, 0.2) is 0 Å². The van der Waals surface area contributed by atoms with Crippen LogP contribution in [0.15, 0.2) is 97.2 Å². The Balaban J connectivity index is 0.000000636. The van der Waals surface area contributed by atoms with Crippen LogP contribution in [0.3, 0.4) is 0 Å². The Kier molecular flexibility index (Phi) is 7.73. The molecular formula is C38H41N3. The van der Waals surface area contributed by atoms with Crippen molar-refractivity contribution in [3.63, 3.8) is 0 Å². The van der Waals surface area contributed by atoms with Gasteiger partial charge in [-0.25, -0.2) is 0 Å². The molecule has 2 N–H and O–H groups in total. The predicted octanol–water partition coefficient (Wildman–Crippen LogP) is 10.5. The van der Waals surface area contributed by atoms with Crippen LogP contribution < -0.4 is 5.73 Å². The minimum atomic E-state index is -0.0449. The Hall–Kier alpha value is -4.37. The van der Waals surface area contributed by atoms with E-state index in [1.54, 1.807) is 0 Å². The Bertz CT molecular complexity index is 1860. The number of aromatic nitrogens is 2. The van der Waals surface area contributed by atoms with Crippen LogP contribution in [0.25, 0.3) is 49.9 Å². The number of pyridine rings is 1. The third-order valence-electron chi connectivity index (χ3n) is 7.94. The van der Waals surface area contributed by atoms with Crippen LogP contribution in [-0.2, 0) is 5.41 Å². The summed E-state index contributed by atoms with van der Waals surface area (Å²) in [4.78, 5) is 4.75. The smallest absolute Gasteiger partial charge is 0.0772 e. The van der Waals surface area contributed by atoms with Crippen molar-refractivity contribution >= 4 is 27.5 Å². The maximum Gasteiger partial charge on any atom is 0.0772 e. The third-order valence-corrected chi connectivity index (χ3v) is 7.94. The predicted molar refractivity (Wildman–Crippen MR) is 178 cm³/mol. The number of benzene rings is 4. The standard InChI is InChI=1S/C33H27N3.C3H8.C2H6/c1-20-10-9-19-35-32(20)31-25(34)14-8-16-27(31)36-26-15-7-5-12-22(26)30-28(36)18-17-24-29(30)21-11-4-6-13-23(21)33(24,2)3;1-3-2;1-2/h4-19H,34H2,1-3H3;3H2,1-2H3;1-2H3. The summed E-state index contributed by atoms with van der Waals surface area (Å²) in [6.07, 6.45) is 3.09. The highest BCUT2D eigenvalue weighted by Crippen LogP contribution is 2.53. The quantitative estimate of drug-likeness (QED) is 0.222. The monoisotopic (exact) mass is 539 g/mol. The zero-order valence-corrected chi connectivity index (χ0v) is 25.4. The molecule has 0 atom stereocenters. The fourth-order valence-corrected chi connectivity index (χ4v) is 6.26. The lowest BCUT2D eigenvalue weighted by atomic mass is 9.82. The highest BCUT2D eigenvalue weighted by Gasteiger charge is 2.37. The lowest BCUT2D eigenvalue weighted by Gasteiger charge is -2.21. The minimum Gasteiger partial charge on any atom is -0.398 e. The fraction of sp³-hybridized carbons (Fsp3) is 0.237. The van der Waals surface area contributed by atoms with Gasteiger partial charge in [-0.1, -0.05) is 109 Å². The number of hydrogen-bond acceptors (Lipinski definition) is 2. The van der Waals surface area contributed by atoms with Gasteiger partial charge >= 0.3 is 0 Å². The van der Waals surface area contributed by atoms with E-state index < -0.39 is 0 Å². The van der Waals surface area contributed by atoms with Crippen molar-refractivity contribution in [2.75, 3.05) is 5.73 Å². The second-order valence-corrected chi connectivity index (χ2v) is 11.0. The molecule has 0 bridgehead atoms. The first-order chi connectivity index (χ1) is 19.9. The van der Waals surface area contributed by atoms with Crippen LogP contribution in [0.1, 0.15) is 64.7 Å². The highest BCUT2D eigenvalue weighted by atomic mass is 15.0. The Morgan fingerprint density at radius 1 is 0.732 bits per heavy atom. The third kappa shape index (κ3) is 4.41. The number of fused-ring (bicyclic) bond motifs is 7. The van der Waals surface area contributed by atoms with Crippen molar-refractivity contribution in [1.82, 2.24) is 9.55 Å². The molecular weight excluding hydrogens is 498 g/mol. The number of nitrogen functional groups attached to an aromatic ring is 1. The van der Waals surface area contributed by atoms with Crippen LogP contribution in [0, 0.1) is 6.92 Å². The van der Waals surface area contributed by atoms with Gasteiger partial charge in [0.2, 0.25) is 0 Å². The number of aryl methyl sites for hydroxylation is 1. The first kappa shape index (κ1) is 28.2. The molecule has 41 heavy (non-hydrogen) atoms. The number of para-hydroxylation sites is 1. The Labute approximate surface area is 244 Å². The summed E-state index contributed by atoms with van der Waals surface area (Å²) in [6, 6.07) is 32.4. The van der Waals surface area contributed by atoms with Crippen LogP contribution in [0.5, 0.6) is 0 Å². The molecule has 4 aromatic carbocycles. The maximum absolute atomic E-state index is 6.65. The molecule has 0 spiro atoms. The summed E-state index contributed by atoms with van der Waals surface area (Å²) in [5.41, 5.74) is 19.2. The second-order valence-electron chi connectivity index (χ2n) is 11.0. The molecule has 7 rings (SSSR count). The molecule has 6 aromatic rings. The van der Waals surface area contributed by atoms with E-state index in [-0.39, 0.29) is 5.41 Å². The molecule has 0 fully saturated rings. The fourth-order valence-electron chi connectivity index (χ4n) is 6.26. The van der Waals surface area contributed by atoms with Gasteiger partial charge in [0.1, 0.15) is 0 Å². The largest absolute Gasteiger partial charge is 0.398 e. The molecule has 0 saturated carbocycles. The van der Waals surface area contributed by atoms with E-state index in [0.717, 1.165) is 28.2 Å². The normalized spacial score (nSPS) is 12.7. The van der Waals surface area contributed by atoms with Crippen molar-refractivity contribution < 1.29 is 0 Å². The molecule has 0 aliphatic heterocycles. The van der Waals surface area contributed by atoms with Crippen LogP contribution in [0.2, 0.25) is 0 Å². The molecule has 1 aliphatic rings. The van der Waals surface area contributed by atoms with Crippen LogP contribution in [-0.4, -0.2) is 9.55 Å². The van der Waals surface area contributed by atoms with E-state index in [4.69, 9.17) is 10.7 Å². The molecule has 2 heterocycles. The van der Waals surface area contributed by atoms with E-state index >= 15 is 0 Å². The van der Waals surface area contributed by atoms with Crippen molar-refractivity contribution in [2.45, 2.75) is 60.3 Å². The first-order valence-electron chi connectivity index (χ1n) is 14.9. The van der Waals surface area contributed by atoms with E-state index in [2.05, 4.69) is 112 Å². The van der Waals surface area contributed by atoms with E-state index in [1.165, 1.54) is 50.5 Å². The maximum atomic E-state index is 6.65. The summed E-state index contributed by atoms with van der Waals surface area (Å²) in [5.74, 6) is 0. The summed E-state index contributed by atoms with van der Waals surface area (Å²) in [6.45, 7) is 15.0. The number of nitrogens with zero attached hydrogens (tertiary/aromatic N) is 2. The summed E-state index contributed by atoms with van der Waals surface area (Å²) < 4.78 is 2.37. The molecule has 2 aromatic heterocycles. The van der Waals surface area contributed by atoms with Gasteiger partial charge in [-0.3, -0.25) is 4.98 Å². The van der Waals surface area contributed by atoms with Gasteiger partial charge in [0, 0.05) is 33.6 Å². The summed E-state index contributed by atoms with van der Waals surface area (Å²) in [5, 5.41) is 2.55. The summed E-state index contributed by atoms with van der Waals surface area (Å²) in [7, 11) is 0. The number of nitrogens with two attached hydrogens (primary N) is 1. The topological polar surface area (TPSA) is 43.8 Å². The van der Waals surface area contributed by atoms with Gasteiger partial charge < -0.3 is 10.3 Å². The number of hydrogen-bond donors (Lipinski definition) is 1. The lowest BCUT2D eigenvalue weighted by Crippen LogP contribution is -2.14. The van der Waals surface area contributed by atoms with E-state index in [0.29, 0.717) is 0 Å². The van der Waals surface area contributed by atoms with Crippen LogP contribution in [0.4, 0.5) is 5.69 Å². The molecule has 0 unspecified atom stereocenters. The average molecular weight is 540 g/mol. The van der Waals surface area contributed by atoms with Crippen LogP contribution >= 0.6 is 0 Å². The van der Waals surface area contributed by atoms with Crippen molar-refractivity contribution in [3.8, 4) is 28.1 Å².